The van der Waals surface area contributed by atoms with Crippen molar-refractivity contribution in [2.45, 2.75) is 25.8 Å². The predicted molar refractivity (Wildman–Crippen MR) is 128 cm³/mol. The van der Waals surface area contributed by atoms with E-state index in [1.54, 1.807) is 44.2 Å². The highest BCUT2D eigenvalue weighted by atomic mass is 16.5. The lowest BCUT2D eigenvalue weighted by atomic mass is 9.89. The molecule has 1 aliphatic heterocycles. The smallest absolute Gasteiger partial charge is 0.307 e. The number of nitrogens with zero attached hydrogens (tertiary/aromatic N) is 3. The number of aryl methyl sites for hydroxylation is 1. The first-order chi connectivity index (χ1) is 17.4. The van der Waals surface area contributed by atoms with Crippen LogP contribution in [0.3, 0.4) is 0 Å². The van der Waals surface area contributed by atoms with Gasteiger partial charge in [-0.25, -0.2) is 4.98 Å². The van der Waals surface area contributed by atoms with E-state index in [1.165, 1.54) is 13.4 Å². The van der Waals surface area contributed by atoms with E-state index in [-0.39, 0.29) is 18.0 Å². The van der Waals surface area contributed by atoms with E-state index in [0.717, 1.165) is 11.1 Å². The summed E-state index contributed by atoms with van der Waals surface area (Å²) in [5.41, 5.74) is 3.36. The summed E-state index contributed by atoms with van der Waals surface area (Å²) >= 11 is 0. The van der Waals surface area contributed by atoms with Crippen LogP contribution in [-0.4, -0.2) is 54.8 Å². The number of aromatic nitrogens is 2. The standard InChI is InChI=1S/C26H25N3O7/c1-14-24-17(11-18(20-6-5-9-35-20)27-25(24)36-28-14)26(31)29-8-7-15-10-21(32-2)22(33-3)12-16(15)19(29)13-23(30)34-4/h5-6,9-12,19H,7-8,13H2,1-4H3. The molecule has 0 saturated heterocycles. The van der Waals surface area contributed by atoms with E-state index in [0.29, 0.717) is 52.6 Å². The molecule has 0 saturated carbocycles. The average Bonchev–Trinajstić information content (AvgIpc) is 3.57. The SMILES string of the molecule is COC(=O)CC1c2cc(OC)c(OC)cc2CCN1C(=O)c1cc(-c2ccco2)nc2onc(C)c12. The van der Waals surface area contributed by atoms with E-state index in [4.69, 9.17) is 23.2 Å². The second kappa shape index (κ2) is 9.37. The van der Waals surface area contributed by atoms with Gasteiger partial charge in [-0.15, -0.1) is 0 Å². The molecular weight excluding hydrogens is 466 g/mol. The Morgan fingerprint density at radius 3 is 2.61 bits per heavy atom. The van der Waals surface area contributed by atoms with Gasteiger partial charge in [0.2, 0.25) is 0 Å². The molecule has 4 aromatic rings. The molecular formula is C26H25N3O7. The number of carbonyl (C=O) groups is 2. The van der Waals surface area contributed by atoms with Gasteiger partial charge in [-0.05, 0) is 54.8 Å². The predicted octanol–water partition coefficient (Wildman–Crippen LogP) is 4.11. The number of ether oxygens (including phenoxy) is 3. The molecule has 0 spiro atoms. The lowest BCUT2D eigenvalue weighted by Gasteiger charge is -2.37. The summed E-state index contributed by atoms with van der Waals surface area (Å²) < 4.78 is 26.8. The number of esters is 1. The van der Waals surface area contributed by atoms with Crippen LogP contribution in [0.15, 0.2) is 45.5 Å². The highest BCUT2D eigenvalue weighted by molar-refractivity contribution is 6.07. The molecule has 4 heterocycles. The van der Waals surface area contributed by atoms with Gasteiger partial charge in [0.25, 0.3) is 11.6 Å². The van der Waals surface area contributed by atoms with E-state index in [1.807, 2.05) is 12.1 Å². The van der Waals surface area contributed by atoms with Crippen molar-refractivity contribution in [2.75, 3.05) is 27.9 Å². The minimum atomic E-state index is -0.580. The highest BCUT2D eigenvalue weighted by Crippen LogP contribution is 2.41. The van der Waals surface area contributed by atoms with Crippen LogP contribution in [0.25, 0.3) is 22.6 Å². The summed E-state index contributed by atoms with van der Waals surface area (Å²) in [4.78, 5) is 32.8. The minimum Gasteiger partial charge on any atom is -0.493 e. The molecule has 5 rings (SSSR count). The molecule has 1 amide bonds. The molecule has 0 fully saturated rings. The Kier molecular flexibility index (Phi) is 6.09. The fourth-order valence-corrected chi connectivity index (χ4v) is 4.70. The van der Waals surface area contributed by atoms with Crippen molar-refractivity contribution in [1.29, 1.82) is 0 Å². The number of furan rings is 1. The maximum Gasteiger partial charge on any atom is 0.307 e. The van der Waals surface area contributed by atoms with Gasteiger partial charge in [0.15, 0.2) is 17.3 Å². The summed E-state index contributed by atoms with van der Waals surface area (Å²) in [7, 11) is 4.45. The first-order valence-electron chi connectivity index (χ1n) is 11.4. The van der Waals surface area contributed by atoms with Crippen LogP contribution >= 0.6 is 0 Å². The zero-order chi connectivity index (χ0) is 25.4. The lowest BCUT2D eigenvalue weighted by Crippen LogP contribution is -2.41. The molecule has 186 valence electrons. The average molecular weight is 492 g/mol. The van der Waals surface area contributed by atoms with Crippen molar-refractivity contribution >= 4 is 23.0 Å². The van der Waals surface area contributed by atoms with Gasteiger partial charge in [-0.2, -0.15) is 0 Å². The second-order valence-electron chi connectivity index (χ2n) is 8.43. The van der Waals surface area contributed by atoms with Crippen LogP contribution in [0, 0.1) is 6.92 Å². The Morgan fingerprint density at radius 1 is 1.14 bits per heavy atom. The first kappa shape index (κ1) is 23.4. The van der Waals surface area contributed by atoms with E-state index in [9.17, 15) is 9.59 Å². The largest absolute Gasteiger partial charge is 0.493 e. The third kappa shape index (κ3) is 3.94. The Hall–Kier alpha value is -4.34. The normalized spacial score (nSPS) is 15.0. The van der Waals surface area contributed by atoms with E-state index in [2.05, 4.69) is 10.1 Å². The number of carbonyl (C=O) groups excluding carboxylic acids is 2. The van der Waals surface area contributed by atoms with Crippen molar-refractivity contribution in [3.63, 3.8) is 0 Å². The summed E-state index contributed by atoms with van der Waals surface area (Å²) in [5.74, 6) is 0.883. The van der Waals surface area contributed by atoms with Crippen LogP contribution < -0.4 is 9.47 Å². The molecule has 0 bridgehead atoms. The monoisotopic (exact) mass is 491 g/mol. The summed E-state index contributed by atoms with van der Waals surface area (Å²) in [5, 5.41) is 4.54. The van der Waals surface area contributed by atoms with Gasteiger partial charge in [-0.3, -0.25) is 9.59 Å². The van der Waals surface area contributed by atoms with Gasteiger partial charge in [0.05, 0.1) is 56.7 Å². The number of rotatable bonds is 6. The first-order valence-corrected chi connectivity index (χ1v) is 11.4. The van der Waals surface area contributed by atoms with Crippen LogP contribution in [-0.2, 0) is 16.0 Å². The molecule has 36 heavy (non-hydrogen) atoms. The van der Waals surface area contributed by atoms with E-state index < -0.39 is 12.0 Å². The van der Waals surface area contributed by atoms with Gasteiger partial charge < -0.3 is 28.1 Å². The number of hydrogen-bond donors (Lipinski definition) is 0. The molecule has 10 heteroatoms. The quantitative estimate of drug-likeness (QED) is 0.367. The number of fused-ring (bicyclic) bond motifs is 2. The van der Waals surface area contributed by atoms with Crippen molar-refractivity contribution in [2.24, 2.45) is 0 Å². The van der Waals surface area contributed by atoms with Crippen molar-refractivity contribution < 1.29 is 32.7 Å². The fourth-order valence-electron chi connectivity index (χ4n) is 4.70. The topological polar surface area (TPSA) is 117 Å². The van der Waals surface area contributed by atoms with Crippen LogP contribution in [0.1, 0.15) is 39.6 Å². The summed E-state index contributed by atoms with van der Waals surface area (Å²) in [6.45, 7) is 2.14. The Labute approximate surface area is 206 Å². The zero-order valence-corrected chi connectivity index (χ0v) is 20.4. The molecule has 10 nitrogen and oxygen atoms in total. The second-order valence-corrected chi connectivity index (χ2v) is 8.43. The maximum absolute atomic E-state index is 14.1. The summed E-state index contributed by atoms with van der Waals surface area (Å²) in [6.07, 6.45) is 2.08. The lowest BCUT2D eigenvalue weighted by molar-refractivity contribution is -0.141. The molecule has 1 aromatic carbocycles. The number of methoxy groups -OCH3 is 3. The molecule has 1 atom stereocenters. The van der Waals surface area contributed by atoms with E-state index >= 15 is 0 Å². The highest BCUT2D eigenvalue weighted by Gasteiger charge is 2.36. The van der Waals surface area contributed by atoms with Crippen LogP contribution in [0.5, 0.6) is 11.5 Å². The Bertz CT molecular complexity index is 1440. The molecule has 1 unspecified atom stereocenters. The molecule has 0 N–H and O–H groups in total. The number of pyridine rings is 1. The zero-order valence-electron chi connectivity index (χ0n) is 20.4. The van der Waals surface area contributed by atoms with Crippen molar-refractivity contribution in [3.8, 4) is 23.0 Å². The third-order valence-electron chi connectivity index (χ3n) is 6.47. The van der Waals surface area contributed by atoms with Crippen molar-refractivity contribution in [3.05, 3.63) is 59.0 Å². The molecule has 0 aliphatic carbocycles. The Morgan fingerprint density at radius 2 is 1.92 bits per heavy atom. The fraction of sp³-hybridized carbons (Fsp3) is 0.308. The van der Waals surface area contributed by atoms with Gasteiger partial charge in [0, 0.05) is 6.54 Å². The molecule has 0 radical (unpaired) electrons. The number of hydrogen-bond acceptors (Lipinski definition) is 9. The minimum absolute atomic E-state index is 0.0212. The number of benzene rings is 1. The maximum atomic E-state index is 14.1. The van der Waals surface area contributed by atoms with Gasteiger partial charge in [-0.1, -0.05) is 5.16 Å². The molecule has 3 aromatic heterocycles. The number of amides is 1. The van der Waals surface area contributed by atoms with Crippen LogP contribution in [0.4, 0.5) is 0 Å². The Balaban J connectivity index is 1.63. The third-order valence-corrected chi connectivity index (χ3v) is 6.47. The van der Waals surface area contributed by atoms with Crippen LogP contribution in [0.2, 0.25) is 0 Å². The summed E-state index contributed by atoms with van der Waals surface area (Å²) in [6, 6.07) is 8.30. The van der Waals surface area contributed by atoms with Gasteiger partial charge >= 0.3 is 5.97 Å². The van der Waals surface area contributed by atoms with Gasteiger partial charge in [0.1, 0.15) is 5.69 Å². The van der Waals surface area contributed by atoms with Crippen molar-refractivity contribution in [1.82, 2.24) is 15.0 Å². The molecule has 1 aliphatic rings.